The Balaban J connectivity index is 1.60. The summed E-state index contributed by atoms with van der Waals surface area (Å²) in [6.07, 6.45) is 0. The van der Waals surface area contributed by atoms with Crippen molar-refractivity contribution in [1.29, 1.82) is 0 Å². The molecule has 6 rings (SSSR count). The van der Waals surface area contributed by atoms with E-state index in [2.05, 4.69) is 170 Å². The van der Waals surface area contributed by atoms with Gasteiger partial charge >= 0.3 is 0 Å². The Bertz CT molecular complexity index is 1510. The van der Waals surface area contributed by atoms with Gasteiger partial charge in [0.1, 0.15) is 0 Å². The lowest BCUT2D eigenvalue weighted by Gasteiger charge is -2.28. The van der Waals surface area contributed by atoms with E-state index in [-0.39, 0.29) is 0 Å². The predicted octanol–water partition coefficient (Wildman–Crippen LogP) is 10.1. The van der Waals surface area contributed by atoms with Crippen molar-refractivity contribution in [2.45, 2.75) is 0 Å². The molecule has 1 nitrogen and oxygen atoms in total. The van der Waals surface area contributed by atoms with E-state index >= 15 is 0 Å². The van der Waals surface area contributed by atoms with E-state index in [9.17, 15) is 0 Å². The van der Waals surface area contributed by atoms with Gasteiger partial charge in [-0.05, 0) is 45.5 Å². The van der Waals surface area contributed by atoms with Crippen LogP contribution in [0.5, 0.6) is 0 Å². The Labute approximate surface area is 225 Å². The minimum atomic E-state index is 1.17. The number of rotatable bonds is 6. The molecule has 0 saturated carbocycles. The van der Waals surface area contributed by atoms with Crippen molar-refractivity contribution in [2.24, 2.45) is 0 Å². The Morgan fingerprint density at radius 1 is 0.316 bits per heavy atom. The van der Waals surface area contributed by atoms with E-state index in [1.807, 2.05) is 0 Å². The zero-order valence-electron chi connectivity index (χ0n) is 21.5. The van der Waals surface area contributed by atoms with Gasteiger partial charge < -0.3 is 4.90 Å². The fraction of sp³-hybridized carbons (Fsp3) is 0.0270. The number of benzene rings is 6. The standard InChI is InChI=1S/C37H29N/c1-38(34-26-14-24-32(28-16-6-2-7-17-28)36(34)30-20-10-4-11-21-30)35-27-15-25-33(29-18-8-3-9-19-29)37(35)31-22-12-5-13-23-31/h2-27H,1H3. The SMILES string of the molecule is CN(c1cccc(-c2ccccc2)c1-c1ccccc1)c1cccc(-c2ccccc2)c1-c1ccccc1. The maximum atomic E-state index is 2.35. The van der Waals surface area contributed by atoms with Gasteiger partial charge in [-0.3, -0.25) is 0 Å². The second kappa shape index (κ2) is 10.6. The van der Waals surface area contributed by atoms with E-state index in [0.717, 1.165) is 0 Å². The lowest BCUT2D eigenvalue weighted by molar-refractivity contribution is 1.21. The van der Waals surface area contributed by atoms with Crippen molar-refractivity contribution >= 4 is 11.4 Å². The van der Waals surface area contributed by atoms with Crippen LogP contribution in [-0.2, 0) is 0 Å². The second-order valence-electron chi connectivity index (χ2n) is 9.42. The van der Waals surface area contributed by atoms with Gasteiger partial charge in [-0.25, -0.2) is 0 Å². The Morgan fingerprint density at radius 2 is 0.632 bits per heavy atom. The first-order chi connectivity index (χ1) is 18.8. The molecule has 0 aliphatic heterocycles. The molecular formula is C37H29N. The molecule has 0 aliphatic carbocycles. The third-order valence-electron chi connectivity index (χ3n) is 7.10. The monoisotopic (exact) mass is 487 g/mol. The molecule has 0 aliphatic rings. The van der Waals surface area contributed by atoms with Gasteiger partial charge in [-0.15, -0.1) is 0 Å². The molecule has 0 amide bonds. The quantitative estimate of drug-likeness (QED) is 0.226. The molecule has 0 N–H and O–H groups in total. The average molecular weight is 488 g/mol. The van der Waals surface area contributed by atoms with E-state index in [4.69, 9.17) is 0 Å². The third kappa shape index (κ3) is 4.51. The van der Waals surface area contributed by atoms with Gasteiger partial charge in [-0.1, -0.05) is 146 Å². The lowest BCUT2D eigenvalue weighted by atomic mass is 9.90. The van der Waals surface area contributed by atoms with Crippen LogP contribution in [0.2, 0.25) is 0 Å². The molecule has 0 spiro atoms. The summed E-state index contributed by atoms with van der Waals surface area (Å²) in [5.41, 5.74) is 12.1. The molecule has 0 unspecified atom stereocenters. The van der Waals surface area contributed by atoms with Gasteiger partial charge in [0.15, 0.2) is 0 Å². The summed E-state index contributed by atoms with van der Waals surface area (Å²) >= 11 is 0. The molecule has 182 valence electrons. The summed E-state index contributed by atoms with van der Waals surface area (Å²) < 4.78 is 0. The second-order valence-corrected chi connectivity index (χ2v) is 9.42. The van der Waals surface area contributed by atoms with Crippen LogP contribution in [0.15, 0.2) is 158 Å². The van der Waals surface area contributed by atoms with Crippen molar-refractivity contribution in [3.63, 3.8) is 0 Å². The zero-order chi connectivity index (χ0) is 25.7. The van der Waals surface area contributed by atoms with Crippen molar-refractivity contribution in [1.82, 2.24) is 0 Å². The van der Waals surface area contributed by atoms with Crippen molar-refractivity contribution in [3.05, 3.63) is 158 Å². The molecule has 6 aromatic rings. The zero-order valence-corrected chi connectivity index (χ0v) is 21.5. The Kier molecular flexibility index (Phi) is 6.57. The van der Waals surface area contributed by atoms with Crippen LogP contribution >= 0.6 is 0 Å². The van der Waals surface area contributed by atoms with Gasteiger partial charge in [0.05, 0.1) is 0 Å². The molecule has 0 atom stereocenters. The minimum absolute atomic E-state index is 1.17. The van der Waals surface area contributed by atoms with Crippen LogP contribution in [0.3, 0.4) is 0 Å². The van der Waals surface area contributed by atoms with Crippen molar-refractivity contribution < 1.29 is 0 Å². The van der Waals surface area contributed by atoms with E-state index in [1.54, 1.807) is 0 Å². The van der Waals surface area contributed by atoms with Gasteiger partial charge in [0.25, 0.3) is 0 Å². The van der Waals surface area contributed by atoms with Crippen LogP contribution < -0.4 is 4.90 Å². The van der Waals surface area contributed by atoms with Crippen LogP contribution in [0.25, 0.3) is 44.5 Å². The maximum Gasteiger partial charge on any atom is 0.0494 e. The summed E-state index contributed by atoms with van der Waals surface area (Å²) in [6.45, 7) is 0. The number of hydrogen-bond donors (Lipinski definition) is 0. The highest BCUT2D eigenvalue weighted by molar-refractivity contribution is 5.98. The molecule has 0 fully saturated rings. The highest BCUT2D eigenvalue weighted by Gasteiger charge is 2.20. The summed E-state index contributed by atoms with van der Waals surface area (Å²) in [5.74, 6) is 0. The molecule has 0 radical (unpaired) electrons. The average Bonchev–Trinajstić information content (AvgIpc) is 3.01. The van der Waals surface area contributed by atoms with Gasteiger partial charge in [0.2, 0.25) is 0 Å². The first-order valence-electron chi connectivity index (χ1n) is 13.0. The van der Waals surface area contributed by atoms with E-state index in [0.29, 0.717) is 0 Å². The highest BCUT2D eigenvalue weighted by atomic mass is 15.1. The fourth-order valence-corrected chi connectivity index (χ4v) is 5.30. The van der Waals surface area contributed by atoms with Crippen molar-refractivity contribution in [2.75, 3.05) is 11.9 Å². The predicted molar refractivity (Wildman–Crippen MR) is 163 cm³/mol. The maximum absolute atomic E-state index is 2.35. The van der Waals surface area contributed by atoms with Gasteiger partial charge in [0, 0.05) is 29.5 Å². The lowest BCUT2D eigenvalue weighted by Crippen LogP contribution is -2.13. The summed E-state index contributed by atoms with van der Waals surface area (Å²) in [6, 6.07) is 56.1. The van der Waals surface area contributed by atoms with E-state index < -0.39 is 0 Å². The first kappa shape index (κ1) is 23.5. The topological polar surface area (TPSA) is 3.24 Å². The molecule has 0 saturated heterocycles. The third-order valence-corrected chi connectivity index (χ3v) is 7.10. The van der Waals surface area contributed by atoms with Crippen LogP contribution in [-0.4, -0.2) is 7.05 Å². The normalized spacial score (nSPS) is 10.8. The van der Waals surface area contributed by atoms with Crippen LogP contribution in [0.1, 0.15) is 0 Å². The minimum Gasteiger partial charge on any atom is -0.344 e. The molecule has 38 heavy (non-hydrogen) atoms. The van der Waals surface area contributed by atoms with Crippen LogP contribution in [0, 0.1) is 0 Å². The molecule has 0 aromatic heterocycles. The van der Waals surface area contributed by atoms with Crippen LogP contribution in [0.4, 0.5) is 11.4 Å². The summed E-state index contributed by atoms with van der Waals surface area (Å²) in [5, 5.41) is 0. The van der Waals surface area contributed by atoms with Crippen molar-refractivity contribution in [3.8, 4) is 44.5 Å². The summed E-state index contributed by atoms with van der Waals surface area (Å²) in [4.78, 5) is 2.35. The fourth-order valence-electron chi connectivity index (χ4n) is 5.30. The molecular weight excluding hydrogens is 458 g/mol. The number of anilines is 2. The Hall–Kier alpha value is -4.88. The molecule has 0 bridgehead atoms. The first-order valence-corrected chi connectivity index (χ1v) is 13.0. The van der Waals surface area contributed by atoms with Gasteiger partial charge in [-0.2, -0.15) is 0 Å². The Morgan fingerprint density at radius 3 is 0.974 bits per heavy atom. The number of nitrogens with zero attached hydrogens (tertiary/aromatic N) is 1. The molecule has 6 aromatic carbocycles. The van der Waals surface area contributed by atoms with E-state index in [1.165, 1.54) is 55.9 Å². The summed E-state index contributed by atoms with van der Waals surface area (Å²) in [7, 11) is 2.19. The molecule has 0 heterocycles. The number of hydrogen-bond acceptors (Lipinski definition) is 1. The largest absolute Gasteiger partial charge is 0.344 e. The highest BCUT2D eigenvalue weighted by Crippen LogP contribution is 2.45. The smallest absolute Gasteiger partial charge is 0.0494 e. The molecule has 1 heteroatoms.